The van der Waals surface area contributed by atoms with E-state index >= 15 is 0 Å². The van der Waals surface area contributed by atoms with Gasteiger partial charge in [-0.25, -0.2) is 0 Å². The Balaban J connectivity index is 2.22. The molecule has 0 bridgehead atoms. The van der Waals surface area contributed by atoms with Crippen molar-refractivity contribution in [2.24, 2.45) is 5.73 Å². The van der Waals surface area contributed by atoms with Gasteiger partial charge in [0.25, 0.3) is 0 Å². The minimum atomic E-state index is -0.0342. The second kappa shape index (κ2) is 5.19. The first-order chi connectivity index (χ1) is 8.26. The summed E-state index contributed by atoms with van der Waals surface area (Å²) in [6.45, 7) is 1.47. The van der Waals surface area contributed by atoms with Crippen LogP contribution in [0.1, 0.15) is 18.4 Å². The van der Waals surface area contributed by atoms with Gasteiger partial charge in [0.05, 0.1) is 0 Å². The number of nitrogens with two attached hydrogens (primary N) is 1. The fourth-order valence-corrected chi connectivity index (χ4v) is 2.38. The van der Waals surface area contributed by atoms with E-state index in [1.54, 1.807) is 7.05 Å². The second-order valence-corrected chi connectivity index (χ2v) is 4.34. The summed E-state index contributed by atoms with van der Waals surface area (Å²) in [5.41, 5.74) is 7.84. The lowest BCUT2D eigenvalue weighted by Gasteiger charge is -2.25. The summed E-state index contributed by atoms with van der Waals surface area (Å²) in [4.78, 5) is 13.9. The molecule has 1 aromatic carbocycles. The van der Waals surface area contributed by atoms with Crippen molar-refractivity contribution in [2.75, 3.05) is 18.5 Å². The van der Waals surface area contributed by atoms with Crippen molar-refractivity contribution >= 4 is 11.6 Å². The number of hydrogen-bond acceptors (Lipinski definition) is 3. The van der Waals surface area contributed by atoms with E-state index in [0.29, 0.717) is 6.54 Å². The maximum atomic E-state index is 11.8. The predicted molar refractivity (Wildman–Crippen MR) is 68.8 cm³/mol. The van der Waals surface area contributed by atoms with Crippen LogP contribution in [0.25, 0.3) is 0 Å². The van der Waals surface area contributed by atoms with Gasteiger partial charge in [0.1, 0.15) is 6.04 Å². The second-order valence-electron chi connectivity index (χ2n) is 4.34. The van der Waals surface area contributed by atoms with E-state index in [1.165, 1.54) is 0 Å². The Kier molecular flexibility index (Phi) is 3.64. The molecular weight excluding hydrogens is 214 g/mol. The van der Waals surface area contributed by atoms with E-state index < -0.39 is 0 Å². The third-order valence-corrected chi connectivity index (χ3v) is 3.28. The van der Waals surface area contributed by atoms with Gasteiger partial charge in [0.2, 0.25) is 5.91 Å². The maximum Gasteiger partial charge on any atom is 0.242 e. The summed E-state index contributed by atoms with van der Waals surface area (Å²) in [7, 11) is 1.69. The average Bonchev–Trinajstić information content (AvgIpc) is 2.87. The Bertz CT molecular complexity index is 405. The van der Waals surface area contributed by atoms with Gasteiger partial charge in [0, 0.05) is 25.8 Å². The molecule has 2 rings (SSSR count). The van der Waals surface area contributed by atoms with Crippen molar-refractivity contribution in [2.45, 2.75) is 25.4 Å². The largest absolute Gasteiger partial charge is 0.360 e. The van der Waals surface area contributed by atoms with Crippen LogP contribution < -0.4 is 16.0 Å². The normalized spacial score (nSPS) is 19.4. The van der Waals surface area contributed by atoms with Gasteiger partial charge in [-0.2, -0.15) is 0 Å². The highest BCUT2D eigenvalue weighted by molar-refractivity contribution is 5.85. The van der Waals surface area contributed by atoms with Crippen LogP contribution >= 0.6 is 0 Å². The molecule has 17 heavy (non-hydrogen) atoms. The third-order valence-electron chi connectivity index (χ3n) is 3.28. The quantitative estimate of drug-likeness (QED) is 0.814. The van der Waals surface area contributed by atoms with Crippen LogP contribution in [-0.2, 0) is 11.3 Å². The van der Waals surface area contributed by atoms with Gasteiger partial charge in [-0.05, 0) is 30.5 Å². The summed E-state index contributed by atoms with van der Waals surface area (Å²) in [6.07, 6.45) is 1.98. The molecule has 1 fully saturated rings. The fraction of sp³-hybridized carbons (Fsp3) is 0.462. The predicted octanol–water partition coefficient (Wildman–Crippen LogP) is 0.860. The molecule has 1 saturated heterocycles. The Hall–Kier alpha value is -1.55. The number of carbonyl (C=O) groups excluding carboxylic acids is 1. The van der Waals surface area contributed by atoms with Gasteiger partial charge in [0.15, 0.2) is 0 Å². The third kappa shape index (κ3) is 2.42. The maximum absolute atomic E-state index is 11.8. The molecule has 1 amide bonds. The Morgan fingerprint density at radius 3 is 3.12 bits per heavy atom. The first-order valence-electron chi connectivity index (χ1n) is 6.03. The molecule has 4 heteroatoms. The number of benzene rings is 1. The summed E-state index contributed by atoms with van der Waals surface area (Å²) in [5.74, 6) is 0.0978. The van der Waals surface area contributed by atoms with Crippen molar-refractivity contribution in [1.82, 2.24) is 5.32 Å². The van der Waals surface area contributed by atoms with Crippen LogP contribution in [0.2, 0.25) is 0 Å². The molecule has 3 N–H and O–H groups in total. The number of amides is 1. The monoisotopic (exact) mass is 233 g/mol. The van der Waals surface area contributed by atoms with Crippen molar-refractivity contribution in [3.8, 4) is 0 Å². The number of carbonyl (C=O) groups is 1. The highest BCUT2D eigenvalue weighted by Gasteiger charge is 2.30. The van der Waals surface area contributed by atoms with Crippen LogP contribution in [0.5, 0.6) is 0 Å². The van der Waals surface area contributed by atoms with E-state index in [9.17, 15) is 4.79 Å². The van der Waals surface area contributed by atoms with E-state index in [2.05, 4.69) is 16.3 Å². The summed E-state index contributed by atoms with van der Waals surface area (Å²) in [5, 5.41) is 2.73. The number of hydrogen-bond donors (Lipinski definition) is 2. The lowest BCUT2D eigenvalue weighted by atomic mass is 10.1. The van der Waals surface area contributed by atoms with Crippen LogP contribution in [-0.4, -0.2) is 25.5 Å². The average molecular weight is 233 g/mol. The number of likely N-dealkylation sites (N-methyl/N-ethyl adjacent to an activating group) is 1. The summed E-state index contributed by atoms with van der Waals surface area (Å²) < 4.78 is 0. The van der Waals surface area contributed by atoms with Gasteiger partial charge in [-0.1, -0.05) is 12.1 Å². The zero-order valence-electron chi connectivity index (χ0n) is 10.1. The topological polar surface area (TPSA) is 58.4 Å². The fourth-order valence-electron chi connectivity index (χ4n) is 2.38. The Labute approximate surface area is 102 Å². The van der Waals surface area contributed by atoms with Gasteiger partial charge in [-0.15, -0.1) is 0 Å². The van der Waals surface area contributed by atoms with Gasteiger partial charge < -0.3 is 16.0 Å². The van der Waals surface area contributed by atoms with E-state index in [0.717, 1.165) is 30.6 Å². The highest BCUT2D eigenvalue weighted by atomic mass is 16.2. The molecule has 0 aromatic heterocycles. The van der Waals surface area contributed by atoms with Crippen LogP contribution in [0.15, 0.2) is 24.3 Å². The van der Waals surface area contributed by atoms with E-state index in [-0.39, 0.29) is 11.9 Å². The molecule has 0 aliphatic carbocycles. The number of nitrogens with zero attached hydrogens (tertiary/aromatic N) is 1. The molecule has 0 saturated carbocycles. The van der Waals surface area contributed by atoms with Crippen molar-refractivity contribution in [1.29, 1.82) is 0 Å². The standard InChI is InChI=1S/C13H19N3O/c1-15-13(17)12-6-3-7-16(12)11-5-2-4-10(8-11)9-14/h2,4-5,8,12H,3,6-7,9,14H2,1H3,(H,15,17). The van der Waals surface area contributed by atoms with Gasteiger partial charge >= 0.3 is 0 Å². The smallest absolute Gasteiger partial charge is 0.242 e. The minimum Gasteiger partial charge on any atom is -0.360 e. The molecule has 1 aliphatic rings. The SMILES string of the molecule is CNC(=O)C1CCCN1c1cccc(CN)c1. The Morgan fingerprint density at radius 2 is 2.41 bits per heavy atom. The van der Waals surface area contributed by atoms with Crippen LogP contribution in [0.3, 0.4) is 0 Å². The van der Waals surface area contributed by atoms with Crippen molar-refractivity contribution in [3.63, 3.8) is 0 Å². The summed E-state index contributed by atoms with van der Waals surface area (Å²) >= 11 is 0. The summed E-state index contributed by atoms with van der Waals surface area (Å²) in [6, 6.07) is 8.08. The van der Waals surface area contributed by atoms with Crippen molar-refractivity contribution in [3.05, 3.63) is 29.8 Å². The highest BCUT2D eigenvalue weighted by Crippen LogP contribution is 2.26. The first kappa shape index (κ1) is 11.9. The zero-order valence-corrected chi connectivity index (χ0v) is 10.1. The Morgan fingerprint density at radius 1 is 1.59 bits per heavy atom. The molecular formula is C13H19N3O. The molecule has 0 radical (unpaired) electrons. The molecule has 1 aliphatic heterocycles. The van der Waals surface area contributed by atoms with Gasteiger partial charge in [-0.3, -0.25) is 4.79 Å². The van der Waals surface area contributed by atoms with Crippen LogP contribution in [0.4, 0.5) is 5.69 Å². The molecule has 4 nitrogen and oxygen atoms in total. The number of rotatable bonds is 3. The molecule has 1 atom stereocenters. The first-order valence-corrected chi connectivity index (χ1v) is 6.03. The van der Waals surface area contributed by atoms with E-state index in [4.69, 9.17) is 5.73 Å². The molecule has 92 valence electrons. The minimum absolute atomic E-state index is 0.0342. The van der Waals surface area contributed by atoms with Crippen molar-refractivity contribution < 1.29 is 4.79 Å². The molecule has 0 spiro atoms. The molecule has 1 unspecified atom stereocenters. The molecule has 1 heterocycles. The number of nitrogens with one attached hydrogen (secondary N) is 1. The lowest BCUT2D eigenvalue weighted by Crippen LogP contribution is -2.42. The number of anilines is 1. The lowest BCUT2D eigenvalue weighted by molar-refractivity contribution is -0.121. The van der Waals surface area contributed by atoms with Crippen LogP contribution in [0, 0.1) is 0 Å². The molecule has 1 aromatic rings. The zero-order chi connectivity index (χ0) is 12.3. The van der Waals surface area contributed by atoms with E-state index in [1.807, 2.05) is 18.2 Å².